The molecule has 13 nitrogen and oxygen atoms in total. The van der Waals surface area contributed by atoms with Crippen LogP contribution in [0.3, 0.4) is 0 Å². The van der Waals surface area contributed by atoms with Crippen LogP contribution in [0.25, 0.3) is 0 Å². The number of fused-ring (bicyclic) bond motifs is 1. The molecule has 0 N–H and O–H groups in total. The molecular formula is C31H41NO12. The molecule has 3 rings (SSSR count). The highest BCUT2D eigenvalue weighted by Crippen LogP contribution is 2.35. The second-order valence-electron chi connectivity index (χ2n) is 10.6. The van der Waals surface area contributed by atoms with Gasteiger partial charge in [-0.1, -0.05) is 37.8 Å². The number of rotatable bonds is 16. The van der Waals surface area contributed by atoms with Gasteiger partial charge in [-0.05, 0) is 31.9 Å². The molecule has 13 heteroatoms. The van der Waals surface area contributed by atoms with Gasteiger partial charge in [0.1, 0.15) is 18.8 Å². The Morgan fingerprint density at radius 1 is 0.773 bits per heavy atom. The number of carbonyl (C=O) groups is 6. The summed E-state index contributed by atoms with van der Waals surface area (Å²) in [6.45, 7) is 5.42. The van der Waals surface area contributed by atoms with Crippen LogP contribution in [0.1, 0.15) is 93.4 Å². The van der Waals surface area contributed by atoms with Crippen molar-refractivity contribution >= 4 is 35.7 Å². The third-order valence-corrected chi connectivity index (χ3v) is 7.16. The maximum absolute atomic E-state index is 13.5. The number of imide groups is 1. The molecule has 0 radical (unpaired) electrons. The van der Waals surface area contributed by atoms with E-state index in [-0.39, 0.29) is 30.3 Å². The van der Waals surface area contributed by atoms with Gasteiger partial charge in [-0.25, -0.2) is 0 Å². The molecule has 2 amide bonds. The van der Waals surface area contributed by atoms with Crippen LogP contribution in [0.15, 0.2) is 24.3 Å². The van der Waals surface area contributed by atoms with Crippen molar-refractivity contribution < 1.29 is 57.2 Å². The highest BCUT2D eigenvalue weighted by molar-refractivity contribution is 6.21. The number of amides is 2. The molecule has 2 aliphatic heterocycles. The van der Waals surface area contributed by atoms with Crippen LogP contribution in [0.2, 0.25) is 0 Å². The minimum Gasteiger partial charge on any atom is -0.466 e. The predicted octanol–water partition coefficient (Wildman–Crippen LogP) is 3.11. The van der Waals surface area contributed by atoms with E-state index in [4.69, 9.17) is 28.4 Å². The summed E-state index contributed by atoms with van der Waals surface area (Å²) >= 11 is 0. The lowest BCUT2D eigenvalue weighted by Gasteiger charge is -2.47. The van der Waals surface area contributed by atoms with Crippen molar-refractivity contribution in [3.05, 3.63) is 35.4 Å². The quantitative estimate of drug-likeness (QED) is 0.115. The first kappa shape index (κ1) is 34.6. The van der Waals surface area contributed by atoms with E-state index >= 15 is 0 Å². The van der Waals surface area contributed by atoms with Crippen molar-refractivity contribution in [3.63, 3.8) is 0 Å². The summed E-state index contributed by atoms with van der Waals surface area (Å²) in [4.78, 5) is 75.5. The van der Waals surface area contributed by atoms with Gasteiger partial charge in [0, 0.05) is 33.8 Å². The van der Waals surface area contributed by atoms with Gasteiger partial charge >= 0.3 is 23.9 Å². The van der Waals surface area contributed by atoms with Gasteiger partial charge in [0.25, 0.3) is 11.8 Å². The number of hydrogen-bond donors (Lipinski definition) is 0. The maximum atomic E-state index is 13.5. The molecule has 1 aromatic rings. The van der Waals surface area contributed by atoms with Crippen LogP contribution >= 0.6 is 0 Å². The third-order valence-electron chi connectivity index (χ3n) is 7.16. The minimum absolute atomic E-state index is 0.159. The summed E-state index contributed by atoms with van der Waals surface area (Å²) in [7, 11) is 0. The Kier molecular flexibility index (Phi) is 13.3. The molecule has 2 heterocycles. The second-order valence-corrected chi connectivity index (χ2v) is 10.6. The highest BCUT2D eigenvalue weighted by atomic mass is 16.7. The summed E-state index contributed by atoms with van der Waals surface area (Å²) < 4.78 is 33.4. The van der Waals surface area contributed by atoms with Gasteiger partial charge < -0.3 is 28.4 Å². The first-order valence-corrected chi connectivity index (χ1v) is 14.9. The molecule has 0 bridgehead atoms. The molecule has 1 aromatic carbocycles. The van der Waals surface area contributed by atoms with Crippen molar-refractivity contribution in [2.75, 3.05) is 19.8 Å². The van der Waals surface area contributed by atoms with E-state index in [1.54, 1.807) is 19.1 Å². The number of esters is 4. The van der Waals surface area contributed by atoms with E-state index in [0.717, 1.165) is 50.9 Å². The molecule has 0 saturated carbocycles. The highest BCUT2D eigenvalue weighted by Gasteiger charge is 2.57. The number of hydrogen-bond acceptors (Lipinski definition) is 12. The molecule has 0 aliphatic carbocycles. The van der Waals surface area contributed by atoms with Crippen molar-refractivity contribution in [1.29, 1.82) is 0 Å². The van der Waals surface area contributed by atoms with E-state index in [0.29, 0.717) is 19.4 Å². The molecule has 2 aliphatic rings. The zero-order valence-electron chi connectivity index (χ0n) is 25.6. The first-order valence-electron chi connectivity index (χ1n) is 14.9. The molecule has 0 spiro atoms. The largest absolute Gasteiger partial charge is 0.466 e. The van der Waals surface area contributed by atoms with Gasteiger partial charge in [-0.15, -0.1) is 0 Å². The van der Waals surface area contributed by atoms with Crippen molar-refractivity contribution in [2.24, 2.45) is 0 Å². The number of benzene rings is 1. The molecule has 44 heavy (non-hydrogen) atoms. The lowest BCUT2D eigenvalue weighted by atomic mass is 9.94. The van der Waals surface area contributed by atoms with E-state index in [1.165, 1.54) is 19.1 Å². The van der Waals surface area contributed by atoms with E-state index in [9.17, 15) is 28.8 Å². The molecule has 1 saturated heterocycles. The van der Waals surface area contributed by atoms with Crippen molar-refractivity contribution in [2.45, 2.75) is 103 Å². The molecule has 242 valence electrons. The third kappa shape index (κ3) is 9.33. The molecule has 0 aromatic heterocycles. The number of nitrogens with zero attached hydrogens (tertiary/aromatic N) is 1. The van der Waals surface area contributed by atoms with E-state index < -0.39 is 60.4 Å². The van der Waals surface area contributed by atoms with E-state index in [2.05, 4.69) is 0 Å². The Morgan fingerprint density at radius 3 is 1.91 bits per heavy atom. The van der Waals surface area contributed by atoms with Crippen LogP contribution in [0.4, 0.5) is 0 Å². The van der Waals surface area contributed by atoms with Crippen LogP contribution in [-0.4, -0.2) is 91.1 Å². The molecule has 5 atom stereocenters. The van der Waals surface area contributed by atoms with Crippen molar-refractivity contribution in [1.82, 2.24) is 4.90 Å². The Bertz CT molecular complexity index is 1160. The van der Waals surface area contributed by atoms with E-state index in [1.807, 2.05) is 0 Å². The topological polar surface area (TPSA) is 161 Å². The summed E-state index contributed by atoms with van der Waals surface area (Å²) in [5, 5.41) is 0. The number of unbranched alkanes of at least 4 members (excludes halogenated alkanes) is 5. The SMILES string of the molecule is CCOC(=O)CCCCCCCCO[C@@H]1O[C@H](COC(C)=O)[C@@H](OC(C)=O)[C@H](OC(C)=O)[C@H]1N1C(=O)c2ccccc2C1=O. The van der Waals surface area contributed by atoms with Gasteiger partial charge in [0.15, 0.2) is 18.5 Å². The lowest BCUT2D eigenvalue weighted by molar-refractivity contribution is -0.286. The van der Waals surface area contributed by atoms with Crippen LogP contribution in [-0.2, 0) is 47.6 Å². The lowest BCUT2D eigenvalue weighted by Crippen LogP contribution is -2.67. The zero-order valence-corrected chi connectivity index (χ0v) is 25.6. The Labute approximate surface area is 256 Å². The summed E-state index contributed by atoms with van der Waals surface area (Å²) in [6, 6.07) is 4.93. The van der Waals surface area contributed by atoms with Gasteiger partial charge in [0.2, 0.25) is 0 Å². The average molecular weight is 620 g/mol. The first-order chi connectivity index (χ1) is 21.0. The summed E-state index contributed by atoms with van der Waals surface area (Å²) in [5.74, 6) is -3.62. The van der Waals surface area contributed by atoms with Gasteiger partial charge in [0.05, 0.1) is 17.7 Å². The molecule has 1 fully saturated rings. The van der Waals surface area contributed by atoms with Crippen LogP contribution in [0.5, 0.6) is 0 Å². The predicted molar refractivity (Wildman–Crippen MR) is 152 cm³/mol. The average Bonchev–Trinajstić information content (AvgIpc) is 3.21. The fourth-order valence-electron chi connectivity index (χ4n) is 5.28. The number of ether oxygens (including phenoxy) is 6. The summed E-state index contributed by atoms with van der Waals surface area (Å²) in [5.41, 5.74) is 0.318. The fraction of sp³-hybridized carbons (Fsp3) is 0.613. The Hall–Kier alpha value is -3.84. The monoisotopic (exact) mass is 619 g/mol. The normalized spacial score (nSPS) is 22.7. The Morgan fingerprint density at radius 2 is 1.34 bits per heavy atom. The van der Waals surface area contributed by atoms with Crippen LogP contribution in [0, 0.1) is 0 Å². The smallest absolute Gasteiger partial charge is 0.305 e. The van der Waals surface area contributed by atoms with Crippen LogP contribution < -0.4 is 0 Å². The Balaban J connectivity index is 1.78. The molecule has 0 unspecified atom stereocenters. The maximum Gasteiger partial charge on any atom is 0.305 e. The number of carbonyl (C=O) groups excluding carboxylic acids is 6. The zero-order chi connectivity index (χ0) is 32.2. The second kappa shape index (κ2) is 16.9. The molecular weight excluding hydrogens is 578 g/mol. The summed E-state index contributed by atoms with van der Waals surface area (Å²) in [6.07, 6.45) is 0.0563. The minimum atomic E-state index is -1.39. The van der Waals surface area contributed by atoms with Crippen molar-refractivity contribution in [3.8, 4) is 0 Å². The van der Waals surface area contributed by atoms with Gasteiger partial charge in [-0.3, -0.25) is 33.7 Å². The standard InChI is InChI=1S/C31H41NO12/c1-5-39-25(36)16-10-8-6-7-9-13-17-40-31-26(32-29(37)22-14-11-12-15-23(22)30(32)38)28(43-21(4)35)27(42-20(3)34)24(44-31)18-41-19(2)33/h11-12,14-15,24,26-28,31H,5-10,13,16-18H2,1-4H3/t24-,26-,27-,28-,31-/m1/s1. The fourth-order valence-corrected chi connectivity index (χ4v) is 5.28. The van der Waals surface area contributed by atoms with Gasteiger partial charge in [-0.2, -0.15) is 0 Å².